The van der Waals surface area contributed by atoms with Gasteiger partial charge in [-0.1, -0.05) is 82.2 Å². The van der Waals surface area contributed by atoms with Gasteiger partial charge in [-0.05, 0) is 67.0 Å². The second-order valence-corrected chi connectivity index (χ2v) is 10.1. The number of benzene rings is 1. The van der Waals surface area contributed by atoms with E-state index in [4.69, 9.17) is 0 Å². The van der Waals surface area contributed by atoms with Crippen LogP contribution in [0.15, 0.2) is 54.2 Å². The molecule has 1 saturated carbocycles. The highest BCUT2D eigenvalue weighted by molar-refractivity contribution is 6.09. The molecule has 4 heteroatoms. The Morgan fingerprint density at radius 3 is 2.59 bits per heavy atom. The molecule has 4 rings (SSSR count). The van der Waals surface area contributed by atoms with Crippen LogP contribution < -0.4 is 5.32 Å². The number of hydrogen-bond acceptors (Lipinski definition) is 3. The Morgan fingerprint density at radius 1 is 1.03 bits per heavy atom. The van der Waals surface area contributed by atoms with Crippen molar-refractivity contribution in [3.05, 3.63) is 71.1 Å². The molecular formula is C30H38N2O2. The molecule has 2 aliphatic carbocycles. The Morgan fingerprint density at radius 2 is 1.79 bits per heavy atom. The van der Waals surface area contributed by atoms with Gasteiger partial charge in [0.15, 0.2) is 5.78 Å². The van der Waals surface area contributed by atoms with Crippen molar-refractivity contribution in [2.75, 3.05) is 0 Å². The smallest absolute Gasteiger partial charge is 0.270 e. The number of allylic oxidation sites excluding steroid dienone is 1. The largest absolute Gasteiger partial charge is 0.348 e. The van der Waals surface area contributed by atoms with Gasteiger partial charge in [-0.15, -0.1) is 0 Å². The van der Waals surface area contributed by atoms with Gasteiger partial charge in [-0.3, -0.25) is 14.6 Å². The average molecular weight is 459 g/mol. The molecule has 0 bridgehead atoms. The number of carbonyl (C=O) groups is 2. The molecule has 1 aromatic carbocycles. The number of amides is 1. The van der Waals surface area contributed by atoms with Crippen LogP contribution in [0.3, 0.4) is 0 Å². The quantitative estimate of drug-likeness (QED) is 0.428. The van der Waals surface area contributed by atoms with Crippen molar-refractivity contribution in [1.82, 2.24) is 10.3 Å². The molecule has 1 aromatic heterocycles. The van der Waals surface area contributed by atoms with Gasteiger partial charge in [-0.2, -0.15) is 0 Å². The summed E-state index contributed by atoms with van der Waals surface area (Å²) >= 11 is 0. The van der Waals surface area contributed by atoms with Gasteiger partial charge in [0.2, 0.25) is 0 Å². The van der Waals surface area contributed by atoms with Gasteiger partial charge >= 0.3 is 0 Å². The third-order valence-corrected chi connectivity index (χ3v) is 7.86. The fourth-order valence-electron chi connectivity index (χ4n) is 6.24. The van der Waals surface area contributed by atoms with E-state index in [1.165, 1.54) is 19.3 Å². The fraction of sp³-hybridized carbons (Fsp3) is 0.500. The van der Waals surface area contributed by atoms with E-state index in [-0.39, 0.29) is 23.7 Å². The number of nitrogens with one attached hydrogen (secondary N) is 1. The first-order valence-electron chi connectivity index (χ1n) is 13.1. The SMILES string of the molecule is CCCCCCC[C@]1([C@H]2CCCC[C@H]2NC(=O)c2ccccn2)C(=O)C(C)=Cc2ccccc21. The molecule has 0 spiro atoms. The number of nitrogens with zero attached hydrogens (tertiary/aromatic N) is 1. The molecule has 1 fully saturated rings. The minimum absolute atomic E-state index is 0.0400. The van der Waals surface area contributed by atoms with Crippen LogP contribution in [0.25, 0.3) is 6.08 Å². The average Bonchev–Trinajstić information content (AvgIpc) is 2.87. The third kappa shape index (κ3) is 4.87. The number of ketones is 1. The maximum absolute atomic E-state index is 14.1. The molecule has 34 heavy (non-hydrogen) atoms. The van der Waals surface area contributed by atoms with Gasteiger partial charge in [0.1, 0.15) is 5.69 Å². The first-order chi connectivity index (χ1) is 16.6. The normalized spacial score (nSPS) is 24.3. The van der Waals surface area contributed by atoms with E-state index in [1.54, 1.807) is 12.3 Å². The summed E-state index contributed by atoms with van der Waals surface area (Å²) in [7, 11) is 0. The van der Waals surface area contributed by atoms with Crippen LogP contribution in [0, 0.1) is 5.92 Å². The molecule has 0 unspecified atom stereocenters. The summed E-state index contributed by atoms with van der Waals surface area (Å²) in [5.74, 6) is 0.197. The first kappa shape index (κ1) is 24.4. The molecule has 2 aliphatic rings. The maximum Gasteiger partial charge on any atom is 0.270 e. The molecule has 1 N–H and O–H groups in total. The zero-order valence-electron chi connectivity index (χ0n) is 20.7. The summed E-state index contributed by atoms with van der Waals surface area (Å²) in [6.07, 6.45) is 14.4. The van der Waals surface area contributed by atoms with Crippen molar-refractivity contribution in [1.29, 1.82) is 0 Å². The summed E-state index contributed by atoms with van der Waals surface area (Å²) in [4.78, 5) is 31.5. The Balaban J connectivity index is 1.70. The first-order valence-corrected chi connectivity index (χ1v) is 13.1. The Bertz CT molecular complexity index is 1030. The molecule has 0 radical (unpaired) electrons. The number of rotatable bonds is 9. The van der Waals surface area contributed by atoms with Crippen LogP contribution in [0.5, 0.6) is 0 Å². The van der Waals surface area contributed by atoms with Crippen molar-refractivity contribution < 1.29 is 9.59 Å². The Hall–Kier alpha value is -2.75. The van der Waals surface area contributed by atoms with Crippen LogP contribution in [-0.2, 0) is 10.2 Å². The maximum atomic E-state index is 14.1. The summed E-state index contributed by atoms with van der Waals surface area (Å²) < 4.78 is 0. The van der Waals surface area contributed by atoms with E-state index in [0.29, 0.717) is 5.69 Å². The van der Waals surface area contributed by atoms with Crippen molar-refractivity contribution in [3.63, 3.8) is 0 Å². The predicted octanol–water partition coefficient (Wildman–Crippen LogP) is 6.65. The highest BCUT2D eigenvalue weighted by Crippen LogP contribution is 2.50. The van der Waals surface area contributed by atoms with E-state index in [2.05, 4.69) is 47.6 Å². The van der Waals surface area contributed by atoms with Gasteiger partial charge in [0.25, 0.3) is 5.91 Å². The molecule has 2 aromatic rings. The zero-order valence-corrected chi connectivity index (χ0v) is 20.7. The van der Waals surface area contributed by atoms with E-state index in [1.807, 2.05) is 19.1 Å². The van der Waals surface area contributed by atoms with Gasteiger partial charge in [0.05, 0.1) is 5.41 Å². The van der Waals surface area contributed by atoms with Crippen molar-refractivity contribution in [2.24, 2.45) is 5.92 Å². The molecule has 1 amide bonds. The lowest BCUT2D eigenvalue weighted by atomic mass is 9.55. The van der Waals surface area contributed by atoms with Gasteiger partial charge in [0, 0.05) is 12.2 Å². The molecule has 0 saturated heterocycles. The standard InChI is InChI=1S/C30H38N2O2/c1-3-4-5-6-12-19-30(24-15-8-7-14-23(24)21-22(2)28(30)33)25-16-9-10-17-26(25)32-29(34)27-18-11-13-20-31-27/h7-8,11,13-15,18,20-21,25-26H,3-6,9-10,12,16-17,19H2,1-2H3,(H,32,34)/t25-,26+,30-/m0/s1. The highest BCUT2D eigenvalue weighted by atomic mass is 16.2. The molecular weight excluding hydrogens is 420 g/mol. The molecule has 180 valence electrons. The third-order valence-electron chi connectivity index (χ3n) is 7.86. The molecule has 4 nitrogen and oxygen atoms in total. The fourth-order valence-corrected chi connectivity index (χ4v) is 6.24. The van der Waals surface area contributed by atoms with Crippen LogP contribution in [-0.4, -0.2) is 22.7 Å². The highest BCUT2D eigenvalue weighted by Gasteiger charge is 2.52. The van der Waals surface area contributed by atoms with Crippen LogP contribution >= 0.6 is 0 Å². The van der Waals surface area contributed by atoms with E-state index in [9.17, 15) is 9.59 Å². The van der Waals surface area contributed by atoms with Crippen molar-refractivity contribution in [3.8, 4) is 0 Å². The zero-order chi connectivity index (χ0) is 24.0. The van der Waals surface area contributed by atoms with E-state index in [0.717, 1.165) is 61.6 Å². The minimum Gasteiger partial charge on any atom is -0.348 e. The lowest BCUT2D eigenvalue weighted by Gasteiger charge is -2.48. The number of carbonyl (C=O) groups excluding carboxylic acids is 2. The summed E-state index contributed by atoms with van der Waals surface area (Å²) in [5.41, 5.74) is 3.02. The monoisotopic (exact) mass is 458 g/mol. The van der Waals surface area contributed by atoms with Crippen LogP contribution in [0.4, 0.5) is 0 Å². The van der Waals surface area contributed by atoms with E-state index < -0.39 is 5.41 Å². The lowest BCUT2D eigenvalue weighted by molar-refractivity contribution is -0.124. The van der Waals surface area contributed by atoms with Crippen molar-refractivity contribution in [2.45, 2.75) is 89.5 Å². The number of Topliss-reactive ketones (excluding diaryl/α,β-unsaturated/α-hetero) is 1. The van der Waals surface area contributed by atoms with Crippen molar-refractivity contribution >= 4 is 17.8 Å². The predicted molar refractivity (Wildman–Crippen MR) is 138 cm³/mol. The second-order valence-electron chi connectivity index (χ2n) is 10.1. The van der Waals surface area contributed by atoms with Crippen LogP contribution in [0.2, 0.25) is 0 Å². The number of hydrogen-bond donors (Lipinski definition) is 1. The number of aromatic nitrogens is 1. The van der Waals surface area contributed by atoms with Crippen LogP contribution in [0.1, 0.15) is 99.7 Å². The second kappa shape index (κ2) is 11.1. The van der Waals surface area contributed by atoms with Gasteiger partial charge < -0.3 is 5.32 Å². The topological polar surface area (TPSA) is 59.1 Å². The lowest BCUT2D eigenvalue weighted by Crippen LogP contribution is -2.55. The Kier molecular flexibility index (Phi) is 7.97. The van der Waals surface area contributed by atoms with E-state index >= 15 is 0 Å². The van der Waals surface area contributed by atoms with Gasteiger partial charge in [-0.25, -0.2) is 0 Å². The minimum atomic E-state index is -0.579. The Labute approximate surface area is 204 Å². The number of fused-ring (bicyclic) bond motifs is 1. The molecule has 1 heterocycles. The summed E-state index contributed by atoms with van der Waals surface area (Å²) in [5, 5.41) is 3.31. The summed E-state index contributed by atoms with van der Waals surface area (Å²) in [6, 6.07) is 13.8. The number of pyridine rings is 1. The molecule has 0 aliphatic heterocycles. The summed E-state index contributed by atoms with van der Waals surface area (Å²) in [6.45, 7) is 4.20. The molecule has 3 atom stereocenters. The number of unbranched alkanes of at least 4 members (excludes halogenated alkanes) is 4.